The van der Waals surface area contributed by atoms with Crippen molar-refractivity contribution in [2.45, 2.75) is 44.1 Å². The van der Waals surface area contributed by atoms with Crippen molar-refractivity contribution in [2.75, 3.05) is 13.2 Å². The lowest BCUT2D eigenvalue weighted by molar-refractivity contribution is -0.166. The van der Waals surface area contributed by atoms with E-state index < -0.39 is 25.0 Å². The Bertz CT molecular complexity index is 284. The van der Waals surface area contributed by atoms with Crippen LogP contribution in [-0.2, 0) is 4.74 Å². The molecule has 0 fully saturated rings. The molecule has 7 heteroatoms. The van der Waals surface area contributed by atoms with Gasteiger partial charge in [-0.25, -0.2) is 8.78 Å². The van der Waals surface area contributed by atoms with Crippen LogP contribution < -0.4 is 11.3 Å². The first-order valence-corrected chi connectivity index (χ1v) is 5.86. The third-order valence-corrected chi connectivity index (χ3v) is 2.87. The molecule has 0 aromatic heterocycles. The maximum Gasteiger partial charge on any atom is 0.330 e. The molecule has 3 nitrogen and oxygen atoms in total. The maximum absolute atomic E-state index is 12.6. The van der Waals surface area contributed by atoms with Gasteiger partial charge in [-0.05, 0) is 25.7 Å². The molecule has 1 atom stereocenters. The van der Waals surface area contributed by atoms with Gasteiger partial charge in [0, 0.05) is 0 Å². The van der Waals surface area contributed by atoms with Crippen LogP contribution in [0.2, 0.25) is 0 Å². The van der Waals surface area contributed by atoms with Gasteiger partial charge in [0.1, 0.15) is 6.61 Å². The summed E-state index contributed by atoms with van der Waals surface area (Å²) in [5, 5.41) is 0. The molecular weight excluding hydrogens is 252 g/mol. The van der Waals surface area contributed by atoms with Crippen molar-refractivity contribution in [3.8, 4) is 0 Å². The Morgan fingerprint density at radius 2 is 2.11 bits per heavy atom. The largest absolute Gasteiger partial charge is 0.373 e. The van der Waals surface area contributed by atoms with Gasteiger partial charge in [-0.3, -0.25) is 11.3 Å². The lowest BCUT2D eigenvalue weighted by Crippen LogP contribution is -2.42. The number of allylic oxidation sites excluding steroid dienone is 1. The number of hydrogen-bond acceptors (Lipinski definition) is 3. The molecule has 0 aromatic carbocycles. The summed E-state index contributed by atoms with van der Waals surface area (Å²) in [4.78, 5) is 0. The molecule has 0 spiro atoms. The first-order valence-electron chi connectivity index (χ1n) is 5.86. The lowest BCUT2D eigenvalue weighted by atomic mass is 9.94. The smallest absolute Gasteiger partial charge is 0.330 e. The Labute approximate surface area is 103 Å². The van der Waals surface area contributed by atoms with Crippen molar-refractivity contribution in [3.05, 3.63) is 11.6 Å². The van der Waals surface area contributed by atoms with E-state index in [1.54, 1.807) is 0 Å². The van der Waals surface area contributed by atoms with E-state index in [0.29, 0.717) is 0 Å². The summed E-state index contributed by atoms with van der Waals surface area (Å²) in [7, 11) is 0. The molecule has 18 heavy (non-hydrogen) atoms. The van der Waals surface area contributed by atoms with Crippen LogP contribution in [0.4, 0.5) is 17.6 Å². The van der Waals surface area contributed by atoms with Gasteiger partial charge in [0.15, 0.2) is 0 Å². The fourth-order valence-corrected chi connectivity index (χ4v) is 1.82. The van der Waals surface area contributed by atoms with Crippen LogP contribution >= 0.6 is 0 Å². The minimum atomic E-state index is -4.11. The number of rotatable bonds is 7. The van der Waals surface area contributed by atoms with Gasteiger partial charge < -0.3 is 4.74 Å². The van der Waals surface area contributed by atoms with E-state index in [0.717, 1.165) is 31.3 Å². The topological polar surface area (TPSA) is 47.3 Å². The highest BCUT2D eigenvalue weighted by atomic mass is 19.3. The molecule has 0 aliphatic heterocycles. The molecule has 106 valence electrons. The number of halogens is 4. The molecule has 3 N–H and O–H groups in total. The predicted molar refractivity (Wildman–Crippen MR) is 59.4 cm³/mol. The highest BCUT2D eigenvalue weighted by molar-refractivity contribution is 5.12. The molecule has 1 unspecified atom stereocenters. The normalized spacial score (nSPS) is 18.9. The summed E-state index contributed by atoms with van der Waals surface area (Å²) in [6.45, 7) is -1.43. The van der Waals surface area contributed by atoms with E-state index in [4.69, 9.17) is 5.84 Å². The van der Waals surface area contributed by atoms with Crippen LogP contribution in [0.25, 0.3) is 0 Å². The van der Waals surface area contributed by atoms with Gasteiger partial charge in [-0.1, -0.05) is 11.6 Å². The van der Waals surface area contributed by atoms with Crippen LogP contribution in [-0.4, -0.2) is 31.6 Å². The van der Waals surface area contributed by atoms with Crippen molar-refractivity contribution in [1.29, 1.82) is 0 Å². The monoisotopic (exact) mass is 270 g/mol. The fourth-order valence-electron chi connectivity index (χ4n) is 1.82. The molecule has 0 heterocycles. The Morgan fingerprint density at radius 1 is 1.39 bits per heavy atom. The molecule has 1 aliphatic rings. The summed E-state index contributed by atoms with van der Waals surface area (Å²) in [5.41, 5.74) is 3.45. The second-order valence-electron chi connectivity index (χ2n) is 4.32. The molecule has 0 saturated carbocycles. The highest BCUT2D eigenvalue weighted by Crippen LogP contribution is 2.24. The average Bonchev–Trinajstić information content (AvgIpc) is 2.35. The first-order chi connectivity index (χ1) is 8.47. The van der Waals surface area contributed by atoms with Crippen molar-refractivity contribution in [2.24, 2.45) is 5.84 Å². The molecular formula is C11H18F4N2O. The van der Waals surface area contributed by atoms with E-state index in [2.05, 4.69) is 10.2 Å². The van der Waals surface area contributed by atoms with Gasteiger partial charge in [0.25, 0.3) is 0 Å². The summed E-state index contributed by atoms with van der Waals surface area (Å²) >= 11 is 0. The zero-order valence-electron chi connectivity index (χ0n) is 9.97. The SMILES string of the molecule is NNC(COCC(F)(F)C(F)F)C1=CCCCC1. The fraction of sp³-hybridized carbons (Fsp3) is 0.818. The van der Waals surface area contributed by atoms with Gasteiger partial charge in [0.05, 0.1) is 12.6 Å². The minimum absolute atomic E-state index is 0.134. The number of ether oxygens (including phenoxy) is 1. The van der Waals surface area contributed by atoms with Crippen LogP contribution in [0.1, 0.15) is 25.7 Å². The summed E-state index contributed by atoms with van der Waals surface area (Å²) in [5.74, 6) is 1.20. The number of nitrogens with one attached hydrogen (secondary N) is 1. The predicted octanol–water partition coefficient (Wildman–Crippen LogP) is 2.24. The van der Waals surface area contributed by atoms with Gasteiger partial charge in [0.2, 0.25) is 0 Å². The van der Waals surface area contributed by atoms with Crippen LogP contribution in [0.15, 0.2) is 11.6 Å². The Hall–Kier alpha value is -0.660. The molecule has 0 amide bonds. The van der Waals surface area contributed by atoms with E-state index in [-0.39, 0.29) is 6.61 Å². The Morgan fingerprint density at radius 3 is 2.61 bits per heavy atom. The minimum Gasteiger partial charge on any atom is -0.373 e. The molecule has 0 saturated heterocycles. The molecule has 1 rings (SSSR count). The van der Waals surface area contributed by atoms with Gasteiger partial charge in [-0.15, -0.1) is 0 Å². The molecule has 0 radical (unpaired) electrons. The average molecular weight is 270 g/mol. The van der Waals surface area contributed by atoms with Crippen LogP contribution in [0.5, 0.6) is 0 Å². The third-order valence-electron chi connectivity index (χ3n) is 2.87. The standard InChI is InChI=1S/C11H18F4N2O/c12-10(13)11(14,15)7-18-6-9(17-16)8-4-2-1-3-5-8/h4,9-10,17H,1-3,5-7,16H2. The zero-order chi connectivity index (χ0) is 13.6. The summed E-state index contributed by atoms with van der Waals surface area (Å²) in [6.07, 6.45) is 2.12. The van der Waals surface area contributed by atoms with Crippen molar-refractivity contribution in [1.82, 2.24) is 5.43 Å². The van der Waals surface area contributed by atoms with Crippen molar-refractivity contribution < 1.29 is 22.3 Å². The lowest BCUT2D eigenvalue weighted by Gasteiger charge is -2.23. The van der Waals surface area contributed by atoms with E-state index in [1.807, 2.05) is 6.08 Å². The van der Waals surface area contributed by atoms with E-state index in [1.165, 1.54) is 0 Å². The summed E-state index contributed by atoms with van der Waals surface area (Å²) < 4.78 is 53.6. The molecule has 1 aliphatic carbocycles. The first kappa shape index (κ1) is 15.4. The number of hydrazine groups is 1. The zero-order valence-corrected chi connectivity index (χ0v) is 9.97. The summed E-state index contributed by atoms with van der Waals surface area (Å²) in [6, 6.07) is -0.390. The second kappa shape index (κ2) is 7.06. The maximum atomic E-state index is 12.6. The third kappa shape index (κ3) is 4.55. The number of nitrogens with two attached hydrogens (primary N) is 1. The number of hydrogen-bond donors (Lipinski definition) is 2. The van der Waals surface area contributed by atoms with E-state index in [9.17, 15) is 17.6 Å². The van der Waals surface area contributed by atoms with Gasteiger partial charge >= 0.3 is 12.3 Å². The van der Waals surface area contributed by atoms with Crippen molar-refractivity contribution >= 4 is 0 Å². The van der Waals surface area contributed by atoms with Crippen LogP contribution in [0, 0.1) is 0 Å². The Kier molecular flexibility index (Phi) is 6.04. The Balaban J connectivity index is 2.38. The highest BCUT2D eigenvalue weighted by Gasteiger charge is 2.41. The van der Waals surface area contributed by atoms with Crippen LogP contribution in [0.3, 0.4) is 0 Å². The molecule has 0 aromatic rings. The number of alkyl halides is 4. The quantitative estimate of drug-likeness (QED) is 0.323. The van der Waals surface area contributed by atoms with Crippen molar-refractivity contribution in [3.63, 3.8) is 0 Å². The van der Waals surface area contributed by atoms with E-state index >= 15 is 0 Å². The second-order valence-corrected chi connectivity index (χ2v) is 4.32. The molecule has 0 bridgehead atoms. The van der Waals surface area contributed by atoms with Gasteiger partial charge in [-0.2, -0.15) is 8.78 Å².